The van der Waals surface area contributed by atoms with Crippen molar-refractivity contribution < 1.29 is 18.3 Å². The maximum Gasteiger partial charge on any atom is 0.415 e. The summed E-state index contributed by atoms with van der Waals surface area (Å²) in [5.74, 6) is 0.228. The van der Waals surface area contributed by atoms with E-state index in [9.17, 15) is 18.0 Å². The molecule has 0 amide bonds. The molecule has 140 valence electrons. The largest absolute Gasteiger partial charge is 0.415 e. The highest BCUT2D eigenvalue weighted by atomic mass is 19.4. The molecule has 0 aromatic carbocycles. The fourth-order valence-corrected chi connectivity index (χ4v) is 3.68. The maximum absolute atomic E-state index is 12.4. The molecule has 1 N–H and O–H groups in total. The average molecular weight is 359 g/mol. The molecule has 1 saturated heterocycles. The van der Waals surface area contributed by atoms with Crippen LogP contribution >= 0.6 is 0 Å². The summed E-state index contributed by atoms with van der Waals surface area (Å²) in [5.41, 5.74) is 1.98. The first-order chi connectivity index (χ1) is 11.8. The predicted molar refractivity (Wildman–Crippen MR) is 86.4 cm³/mol. The van der Waals surface area contributed by atoms with Crippen LogP contribution in [0.2, 0.25) is 0 Å². The Labute approximate surface area is 144 Å². The van der Waals surface area contributed by atoms with Gasteiger partial charge in [-0.05, 0) is 63.1 Å². The second-order valence-electron chi connectivity index (χ2n) is 7.15. The van der Waals surface area contributed by atoms with Crippen molar-refractivity contribution in [2.24, 2.45) is 5.92 Å². The second-order valence-corrected chi connectivity index (χ2v) is 7.15. The zero-order valence-electron chi connectivity index (χ0n) is 14.1. The quantitative estimate of drug-likeness (QED) is 0.890. The normalized spacial score (nSPS) is 21.1. The lowest BCUT2D eigenvalue weighted by atomic mass is 9.95. The van der Waals surface area contributed by atoms with E-state index in [1.54, 1.807) is 11.0 Å². The zero-order valence-corrected chi connectivity index (χ0v) is 14.1. The number of likely N-dealkylation sites (tertiary alicyclic amines) is 1. The van der Waals surface area contributed by atoms with Gasteiger partial charge in [-0.2, -0.15) is 18.3 Å². The number of nitrogens with zero attached hydrogens (tertiary/aromatic N) is 3. The van der Waals surface area contributed by atoms with Gasteiger partial charge in [0.2, 0.25) is 0 Å². The van der Waals surface area contributed by atoms with Crippen molar-refractivity contribution in [2.45, 2.75) is 57.3 Å². The lowest BCUT2D eigenvalue weighted by Crippen LogP contribution is -2.45. The summed E-state index contributed by atoms with van der Waals surface area (Å²) in [6.07, 6.45) is -1.45. The number of aryl methyl sites for hydroxylation is 2. The van der Waals surface area contributed by atoms with Crippen LogP contribution in [-0.2, 0) is 19.4 Å². The third-order valence-electron chi connectivity index (χ3n) is 5.22. The third-order valence-corrected chi connectivity index (χ3v) is 5.22. The number of halogens is 3. The molecule has 0 spiro atoms. The molecule has 8 heteroatoms. The van der Waals surface area contributed by atoms with Crippen molar-refractivity contribution >= 4 is 0 Å². The number of β-amino-alcohol motifs (C(OH)–C–C–N with tert-alkyl or cyclic N) is 1. The molecule has 1 unspecified atom stereocenters. The predicted octanol–water partition coefficient (Wildman–Crippen LogP) is 1.76. The highest BCUT2D eigenvalue weighted by Gasteiger charge is 2.39. The van der Waals surface area contributed by atoms with Crippen LogP contribution in [0.15, 0.2) is 10.9 Å². The van der Waals surface area contributed by atoms with Gasteiger partial charge in [0.15, 0.2) is 6.10 Å². The highest BCUT2D eigenvalue weighted by molar-refractivity contribution is 5.20. The fraction of sp³-hybridized carbons (Fsp3) is 0.765. The van der Waals surface area contributed by atoms with E-state index in [1.165, 1.54) is 4.68 Å². The lowest BCUT2D eigenvalue weighted by molar-refractivity contribution is -0.208. The molecule has 2 heterocycles. The van der Waals surface area contributed by atoms with Crippen LogP contribution in [-0.4, -0.2) is 51.7 Å². The molecule has 1 aliphatic heterocycles. The van der Waals surface area contributed by atoms with E-state index in [2.05, 4.69) is 5.10 Å². The number of aliphatic hydroxyl groups is 1. The van der Waals surface area contributed by atoms with Crippen molar-refractivity contribution in [3.05, 3.63) is 27.7 Å². The molecule has 1 aliphatic carbocycles. The Bertz CT molecular complexity index is 652. The molecular weight excluding hydrogens is 335 g/mol. The molecule has 1 aromatic heterocycles. The number of fused-ring (bicyclic) bond motifs is 1. The Morgan fingerprint density at radius 3 is 2.60 bits per heavy atom. The molecule has 25 heavy (non-hydrogen) atoms. The zero-order chi connectivity index (χ0) is 18.0. The number of alkyl halides is 3. The van der Waals surface area contributed by atoms with Crippen molar-refractivity contribution in [2.75, 3.05) is 19.6 Å². The number of rotatable bonds is 4. The van der Waals surface area contributed by atoms with Crippen LogP contribution in [0.3, 0.4) is 0 Å². The number of hydrogen-bond donors (Lipinski definition) is 1. The molecule has 2 aliphatic rings. The maximum atomic E-state index is 12.4. The first kappa shape index (κ1) is 18.4. The minimum absolute atomic E-state index is 0.0874. The average Bonchev–Trinajstić information content (AvgIpc) is 2.56. The summed E-state index contributed by atoms with van der Waals surface area (Å²) >= 11 is 0. The number of piperidine rings is 1. The third kappa shape index (κ3) is 4.61. The van der Waals surface area contributed by atoms with Crippen molar-refractivity contribution in [1.82, 2.24) is 14.7 Å². The Hall–Kier alpha value is -1.41. The molecular formula is C17H24F3N3O2. The number of aromatic nitrogens is 2. The second kappa shape index (κ2) is 7.45. The van der Waals surface area contributed by atoms with Gasteiger partial charge in [0, 0.05) is 19.2 Å². The van der Waals surface area contributed by atoms with Gasteiger partial charge in [0.05, 0.1) is 5.69 Å². The van der Waals surface area contributed by atoms with Crippen LogP contribution in [0.25, 0.3) is 0 Å². The Kier molecular flexibility index (Phi) is 5.48. The highest BCUT2D eigenvalue weighted by Crippen LogP contribution is 2.24. The monoisotopic (exact) mass is 359 g/mol. The van der Waals surface area contributed by atoms with E-state index in [1.807, 2.05) is 0 Å². The summed E-state index contributed by atoms with van der Waals surface area (Å²) in [5, 5.41) is 13.7. The van der Waals surface area contributed by atoms with Crippen molar-refractivity contribution in [3.8, 4) is 0 Å². The molecule has 5 nitrogen and oxygen atoms in total. The first-order valence-electron chi connectivity index (χ1n) is 8.90. The Morgan fingerprint density at radius 2 is 1.92 bits per heavy atom. The lowest BCUT2D eigenvalue weighted by Gasteiger charge is -2.33. The van der Waals surface area contributed by atoms with Gasteiger partial charge in [-0.1, -0.05) is 0 Å². The summed E-state index contributed by atoms with van der Waals surface area (Å²) in [6, 6.07) is 1.69. The Balaban J connectivity index is 1.55. The van der Waals surface area contributed by atoms with E-state index in [4.69, 9.17) is 5.11 Å². The SMILES string of the molecule is O=c1cc2c(nn1CC1CCN(CC(O)C(F)(F)F)CC1)CCCC2. The minimum Gasteiger partial charge on any atom is -0.382 e. The Morgan fingerprint density at radius 1 is 1.24 bits per heavy atom. The van der Waals surface area contributed by atoms with Gasteiger partial charge in [-0.15, -0.1) is 0 Å². The van der Waals surface area contributed by atoms with Gasteiger partial charge in [0.1, 0.15) is 0 Å². The summed E-state index contributed by atoms with van der Waals surface area (Å²) < 4.78 is 38.8. The van der Waals surface area contributed by atoms with E-state index in [-0.39, 0.29) is 18.0 Å². The van der Waals surface area contributed by atoms with Crippen LogP contribution in [0, 0.1) is 5.92 Å². The van der Waals surface area contributed by atoms with Crippen molar-refractivity contribution in [1.29, 1.82) is 0 Å². The van der Waals surface area contributed by atoms with E-state index in [0.717, 1.165) is 36.9 Å². The summed E-state index contributed by atoms with van der Waals surface area (Å²) in [7, 11) is 0. The van der Waals surface area contributed by atoms with Gasteiger partial charge < -0.3 is 10.0 Å². The number of hydrogen-bond acceptors (Lipinski definition) is 4. The molecule has 1 atom stereocenters. The smallest absolute Gasteiger partial charge is 0.382 e. The van der Waals surface area contributed by atoms with E-state index >= 15 is 0 Å². The van der Waals surface area contributed by atoms with E-state index in [0.29, 0.717) is 32.5 Å². The fourth-order valence-electron chi connectivity index (χ4n) is 3.68. The van der Waals surface area contributed by atoms with Crippen molar-refractivity contribution in [3.63, 3.8) is 0 Å². The van der Waals surface area contributed by atoms with Gasteiger partial charge in [-0.3, -0.25) is 4.79 Å². The molecule has 1 aromatic rings. The van der Waals surface area contributed by atoms with Gasteiger partial charge >= 0.3 is 6.18 Å². The van der Waals surface area contributed by atoms with Crippen LogP contribution in [0.5, 0.6) is 0 Å². The van der Waals surface area contributed by atoms with E-state index < -0.39 is 12.3 Å². The van der Waals surface area contributed by atoms with Crippen LogP contribution in [0.1, 0.15) is 36.9 Å². The summed E-state index contributed by atoms with van der Waals surface area (Å²) in [6.45, 7) is 1.13. The standard InChI is InChI=1S/C17H24F3N3O2/c18-17(19,20)15(24)11-22-7-5-12(6-8-22)10-23-16(25)9-13-3-1-2-4-14(13)21-23/h9,12,15,24H,1-8,10-11H2. The molecule has 1 fully saturated rings. The molecule has 0 radical (unpaired) electrons. The van der Waals surface area contributed by atoms with Crippen LogP contribution < -0.4 is 5.56 Å². The molecule has 0 bridgehead atoms. The van der Waals surface area contributed by atoms with Gasteiger partial charge in [-0.25, -0.2) is 4.68 Å². The van der Waals surface area contributed by atoms with Crippen LogP contribution in [0.4, 0.5) is 13.2 Å². The minimum atomic E-state index is -4.57. The molecule has 3 rings (SSSR count). The molecule has 0 saturated carbocycles. The topological polar surface area (TPSA) is 58.4 Å². The summed E-state index contributed by atoms with van der Waals surface area (Å²) in [4.78, 5) is 13.9. The van der Waals surface area contributed by atoms with Gasteiger partial charge in [0.25, 0.3) is 5.56 Å². The number of aliphatic hydroxyl groups excluding tert-OH is 1. The first-order valence-corrected chi connectivity index (χ1v) is 8.90.